The lowest BCUT2D eigenvalue weighted by Gasteiger charge is -2.39. The minimum Gasteiger partial charge on any atom is -0.480 e. The normalized spacial score (nSPS) is 23.9. The molecule has 0 spiro atoms. The summed E-state index contributed by atoms with van der Waals surface area (Å²) in [6, 6.07) is 0.641. The first kappa shape index (κ1) is 13.4. The van der Waals surface area contributed by atoms with Crippen molar-refractivity contribution >= 4 is 5.82 Å². The molecule has 0 unspecified atom stereocenters. The number of aromatic nitrogens is 2. The van der Waals surface area contributed by atoms with Gasteiger partial charge < -0.3 is 9.64 Å². The Kier molecular flexibility index (Phi) is 4.16. The topological polar surface area (TPSA) is 41.5 Å². The van der Waals surface area contributed by atoms with Crippen molar-refractivity contribution in [1.82, 2.24) is 14.9 Å². The molecule has 2 aliphatic rings. The lowest BCUT2D eigenvalue weighted by atomic mass is 10.0. The van der Waals surface area contributed by atoms with Gasteiger partial charge in [0.1, 0.15) is 0 Å². The zero-order valence-electron chi connectivity index (χ0n) is 12.0. The summed E-state index contributed by atoms with van der Waals surface area (Å²) in [4.78, 5) is 13.5. The van der Waals surface area contributed by atoms with E-state index in [4.69, 9.17) is 4.74 Å². The van der Waals surface area contributed by atoms with Crippen molar-refractivity contribution in [3.63, 3.8) is 0 Å². The molecule has 1 aliphatic carbocycles. The Morgan fingerprint density at radius 3 is 2.75 bits per heavy atom. The van der Waals surface area contributed by atoms with Crippen LogP contribution >= 0.6 is 0 Å². The van der Waals surface area contributed by atoms with Crippen molar-refractivity contribution in [3.8, 4) is 5.88 Å². The fourth-order valence-corrected chi connectivity index (χ4v) is 2.97. The summed E-state index contributed by atoms with van der Waals surface area (Å²) in [5.74, 6) is 1.50. The number of piperazine rings is 1. The van der Waals surface area contributed by atoms with Crippen LogP contribution < -0.4 is 9.64 Å². The number of anilines is 1. The van der Waals surface area contributed by atoms with E-state index in [0.29, 0.717) is 11.9 Å². The number of methoxy groups -OCH3 is 1. The highest BCUT2D eigenvalue weighted by Crippen LogP contribution is 2.20. The van der Waals surface area contributed by atoms with E-state index >= 15 is 0 Å². The van der Waals surface area contributed by atoms with E-state index in [9.17, 15) is 0 Å². The molecule has 1 aromatic rings. The Morgan fingerprint density at radius 2 is 2.05 bits per heavy atom. The third kappa shape index (κ3) is 2.93. The highest BCUT2D eigenvalue weighted by molar-refractivity contribution is 5.38. The quantitative estimate of drug-likeness (QED) is 0.785. The molecular formula is C15H22N4O. The molecule has 5 heteroatoms. The van der Waals surface area contributed by atoms with E-state index in [1.807, 2.05) is 6.20 Å². The second kappa shape index (κ2) is 6.22. The van der Waals surface area contributed by atoms with Crippen molar-refractivity contribution < 1.29 is 4.74 Å². The lowest BCUT2D eigenvalue weighted by molar-refractivity contribution is 0.201. The zero-order valence-corrected chi connectivity index (χ0v) is 12.0. The molecule has 0 radical (unpaired) electrons. The third-order valence-corrected chi connectivity index (χ3v) is 4.15. The second-order valence-corrected chi connectivity index (χ2v) is 5.37. The summed E-state index contributed by atoms with van der Waals surface area (Å²) < 4.78 is 5.14. The summed E-state index contributed by atoms with van der Waals surface area (Å²) in [7, 11) is 1.63. The predicted octanol–water partition coefficient (Wildman–Crippen LogP) is 1.72. The van der Waals surface area contributed by atoms with Gasteiger partial charge in [-0.15, -0.1) is 0 Å². The van der Waals surface area contributed by atoms with Crippen LogP contribution in [0.2, 0.25) is 0 Å². The van der Waals surface area contributed by atoms with Gasteiger partial charge in [0.25, 0.3) is 0 Å². The smallest absolute Gasteiger partial charge is 0.233 e. The fraction of sp³-hybridized carbons (Fsp3) is 0.600. The van der Waals surface area contributed by atoms with Crippen molar-refractivity contribution in [2.24, 2.45) is 0 Å². The standard InChI is InChI=1S/C15H22N4O/c1-20-15-12-16-11-14(17-15)19-9-7-18(8-10-19)13-5-3-2-4-6-13/h3,5,11-13H,2,4,6-10H2,1H3/t13-/m1/s1. The van der Waals surface area contributed by atoms with Crippen LogP contribution in [0, 0.1) is 0 Å². The summed E-state index contributed by atoms with van der Waals surface area (Å²) in [6.45, 7) is 4.19. The highest BCUT2D eigenvalue weighted by Gasteiger charge is 2.23. The number of nitrogens with zero attached hydrogens (tertiary/aromatic N) is 4. The minimum absolute atomic E-state index is 0.583. The Hall–Kier alpha value is -1.62. The Morgan fingerprint density at radius 1 is 1.20 bits per heavy atom. The van der Waals surface area contributed by atoms with Gasteiger partial charge in [0.15, 0.2) is 5.82 Å². The molecular weight excluding hydrogens is 252 g/mol. The van der Waals surface area contributed by atoms with Gasteiger partial charge in [-0.1, -0.05) is 12.2 Å². The van der Waals surface area contributed by atoms with Crippen molar-refractivity contribution in [1.29, 1.82) is 0 Å². The second-order valence-electron chi connectivity index (χ2n) is 5.37. The molecule has 0 N–H and O–H groups in total. The van der Waals surface area contributed by atoms with Gasteiger partial charge in [0.05, 0.1) is 19.5 Å². The minimum atomic E-state index is 0.583. The summed E-state index contributed by atoms with van der Waals surface area (Å²) in [5.41, 5.74) is 0. The van der Waals surface area contributed by atoms with E-state index in [1.165, 1.54) is 19.3 Å². The van der Waals surface area contributed by atoms with Crippen LogP contribution in [0.15, 0.2) is 24.5 Å². The Labute approximate surface area is 120 Å². The van der Waals surface area contributed by atoms with Crippen molar-refractivity contribution in [2.75, 3.05) is 38.2 Å². The number of hydrogen-bond acceptors (Lipinski definition) is 5. The lowest BCUT2D eigenvalue weighted by Crippen LogP contribution is -2.50. The summed E-state index contributed by atoms with van der Waals surface area (Å²) >= 11 is 0. The Bertz CT molecular complexity index is 469. The molecule has 1 saturated heterocycles. The van der Waals surface area contributed by atoms with Crippen LogP contribution in [0.4, 0.5) is 5.82 Å². The molecule has 3 rings (SSSR count). The van der Waals surface area contributed by atoms with Gasteiger partial charge in [-0.2, -0.15) is 4.98 Å². The number of allylic oxidation sites excluding steroid dienone is 1. The molecule has 1 atom stereocenters. The van der Waals surface area contributed by atoms with Crippen LogP contribution in [-0.2, 0) is 0 Å². The number of rotatable bonds is 3. The number of ether oxygens (including phenoxy) is 1. The third-order valence-electron chi connectivity index (χ3n) is 4.15. The van der Waals surface area contributed by atoms with Crippen LogP contribution in [0.5, 0.6) is 5.88 Å². The fourth-order valence-electron chi connectivity index (χ4n) is 2.97. The van der Waals surface area contributed by atoms with Crippen LogP contribution in [0.3, 0.4) is 0 Å². The molecule has 2 heterocycles. The van der Waals surface area contributed by atoms with Crippen molar-refractivity contribution in [3.05, 3.63) is 24.5 Å². The van der Waals surface area contributed by atoms with E-state index in [-0.39, 0.29) is 0 Å². The van der Waals surface area contributed by atoms with Gasteiger partial charge in [-0.25, -0.2) is 0 Å². The first-order valence-corrected chi connectivity index (χ1v) is 7.38. The van der Waals surface area contributed by atoms with Crippen molar-refractivity contribution in [2.45, 2.75) is 25.3 Å². The van der Waals surface area contributed by atoms with Crippen LogP contribution in [-0.4, -0.2) is 54.2 Å². The summed E-state index contributed by atoms with van der Waals surface area (Å²) in [6.07, 6.45) is 12.0. The predicted molar refractivity (Wildman–Crippen MR) is 79.1 cm³/mol. The molecule has 0 saturated carbocycles. The number of hydrogen-bond donors (Lipinski definition) is 0. The first-order valence-electron chi connectivity index (χ1n) is 7.38. The maximum atomic E-state index is 5.14. The van der Waals surface area contributed by atoms with E-state index in [0.717, 1.165) is 32.0 Å². The molecule has 5 nitrogen and oxygen atoms in total. The van der Waals surface area contributed by atoms with Gasteiger partial charge in [0, 0.05) is 32.2 Å². The van der Waals surface area contributed by atoms with Crippen LogP contribution in [0.1, 0.15) is 19.3 Å². The van der Waals surface area contributed by atoms with Gasteiger partial charge in [-0.3, -0.25) is 9.88 Å². The van der Waals surface area contributed by atoms with Gasteiger partial charge in [-0.05, 0) is 19.3 Å². The monoisotopic (exact) mass is 274 g/mol. The van der Waals surface area contributed by atoms with E-state index < -0.39 is 0 Å². The molecule has 0 aromatic carbocycles. The largest absolute Gasteiger partial charge is 0.480 e. The summed E-state index contributed by atoms with van der Waals surface area (Å²) in [5, 5.41) is 0. The average molecular weight is 274 g/mol. The zero-order chi connectivity index (χ0) is 13.8. The van der Waals surface area contributed by atoms with E-state index in [1.54, 1.807) is 13.3 Å². The molecule has 1 fully saturated rings. The molecule has 0 bridgehead atoms. The maximum absolute atomic E-state index is 5.14. The molecule has 1 aromatic heterocycles. The highest BCUT2D eigenvalue weighted by atomic mass is 16.5. The van der Waals surface area contributed by atoms with Gasteiger partial charge >= 0.3 is 0 Å². The maximum Gasteiger partial charge on any atom is 0.233 e. The van der Waals surface area contributed by atoms with Crippen LogP contribution in [0.25, 0.3) is 0 Å². The molecule has 20 heavy (non-hydrogen) atoms. The Balaban J connectivity index is 1.60. The van der Waals surface area contributed by atoms with E-state index in [2.05, 4.69) is 31.9 Å². The molecule has 108 valence electrons. The SMILES string of the molecule is COc1cncc(N2CCN([C@@H]3C=CCCC3)CC2)n1. The molecule has 0 amide bonds. The van der Waals surface area contributed by atoms with Gasteiger partial charge in [0.2, 0.25) is 5.88 Å². The first-order chi connectivity index (χ1) is 9.86. The molecule has 1 aliphatic heterocycles. The average Bonchev–Trinajstić information content (AvgIpc) is 2.56.